The molecule has 0 aliphatic carbocycles. The third-order valence-electron chi connectivity index (χ3n) is 9.58. The summed E-state index contributed by atoms with van der Waals surface area (Å²) in [5.41, 5.74) is 10.8. The summed E-state index contributed by atoms with van der Waals surface area (Å²) in [5, 5.41) is 8.71. The predicted octanol–water partition coefficient (Wildman–Crippen LogP) is 6.30. The van der Waals surface area contributed by atoms with Crippen LogP contribution in [0.4, 0.5) is 23.1 Å². The van der Waals surface area contributed by atoms with E-state index in [1.807, 2.05) is 73.2 Å². The van der Waals surface area contributed by atoms with Crippen molar-refractivity contribution in [2.75, 3.05) is 48.3 Å². The first-order valence-electron chi connectivity index (χ1n) is 16.0. The molecule has 2 N–H and O–H groups in total. The topological polar surface area (TPSA) is 98.2 Å². The van der Waals surface area contributed by atoms with E-state index in [-0.39, 0.29) is 5.91 Å². The Morgan fingerprint density at radius 3 is 2.40 bits per heavy atom. The zero-order chi connectivity index (χ0) is 32.2. The third-order valence-corrected chi connectivity index (χ3v) is 9.58. The number of carbonyl (C=O) groups excluding carboxylic acids is 1. The number of aromatic nitrogens is 5. The minimum absolute atomic E-state index is 0.00918. The Bertz CT molecular complexity index is 2120. The number of rotatable bonds is 6. The summed E-state index contributed by atoms with van der Waals surface area (Å²) >= 11 is 0. The van der Waals surface area contributed by atoms with Crippen molar-refractivity contribution in [2.45, 2.75) is 20.4 Å². The molecule has 3 aromatic heterocycles. The Morgan fingerprint density at radius 1 is 0.872 bits per heavy atom. The Balaban J connectivity index is 1.09. The molecule has 3 aromatic carbocycles. The lowest BCUT2D eigenvalue weighted by atomic mass is 9.96. The van der Waals surface area contributed by atoms with Crippen LogP contribution in [0.1, 0.15) is 27.2 Å². The lowest BCUT2D eigenvalue weighted by Crippen LogP contribution is -2.44. The quantitative estimate of drug-likeness (QED) is 0.225. The van der Waals surface area contributed by atoms with Gasteiger partial charge in [-0.3, -0.25) is 9.48 Å². The van der Waals surface area contributed by atoms with Gasteiger partial charge in [-0.1, -0.05) is 36.4 Å². The Kier molecular flexibility index (Phi) is 7.02. The van der Waals surface area contributed by atoms with Crippen LogP contribution in [0, 0.1) is 13.8 Å². The predicted molar refractivity (Wildman–Crippen MR) is 187 cm³/mol. The first-order valence-corrected chi connectivity index (χ1v) is 16.0. The number of nitrogens with one attached hydrogen (secondary N) is 2. The number of para-hydroxylation sites is 1. The van der Waals surface area contributed by atoms with Crippen molar-refractivity contribution in [1.82, 2.24) is 29.6 Å². The van der Waals surface area contributed by atoms with Crippen LogP contribution in [0.2, 0.25) is 0 Å². The van der Waals surface area contributed by atoms with Crippen molar-refractivity contribution in [3.8, 4) is 22.4 Å². The summed E-state index contributed by atoms with van der Waals surface area (Å²) in [7, 11) is 4.08. The lowest BCUT2D eigenvalue weighted by Gasteiger charge is -2.34. The van der Waals surface area contributed by atoms with Crippen molar-refractivity contribution in [3.05, 3.63) is 102 Å². The van der Waals surface area contributed by atoms with E-state index >= 15 is 0 Å². The fourth-order valence-corrected chi connectivity index (χ4v) is 6.78. The van der Waals surface area contributed by atoms with E-state index in [9.17, 15) is 4.79 Å². The maximum absolute atomic E-state index is 14.0. The monoisotopic (exact) mass is 623 g/mol. The van der Waals surface area contributed by atoms with E-state index < -0.39 is 0 Å². The molecule has 1 fully saturated rings. The van der Waals surface area contributed by atoms with Crippen molar-refractivity contribution < 1.29 is 4.79 Å². The van der Waals surface area contributed by atoms with Crippen LogP contribution in [-0.4, -0.2) is 68.8 Å². The van der Waals surface area contributed by atoms with Gasteiger partial charge in [0.1, 0.15) is 0 Å². The van der Waals surface area contributed by atoms with Gasteiger partial charge in [0.25, 0.3) is 5.91 Å². The fourth-order valence-electron chi connectivity index (χ4n) is 6.78. The van der Waals surface area contributed by atoms with Gasteiger partial charge >= 0.3 is 0 Å². The molecule has 5 heterocycles. The normalized spacial score (nSPS) is 15.1. The number of H-pyrrole nitrogens is 1. The van der Waals surface area contributed by atoms with E-state index in [4.69, 9.17) is 4.98 Å². The van der Waals surface area contributed by atoms with Crippen molar-refractivity contribution in [1.29, 1.82) is 0 Å². The highest BCUT2D eigenvalue weighted by atomic mass is 16.2. The molecule has 47 heavy (non-hydrogen) atoms. The SMILES string of the molecule is Cc1cnc(Nc2cc(C)n(C)n2)nc1-c1c[nH]c2c(N3Cc4c(cccc4-c4ccc(N5CCN(C)CC5)cc4)C3=O)cccc12. The van der Waals surface area contributed by atoms with Gasteiger partial charge in [-0.2, -0.15) is 5.10 Å². The first kappa shape index (κ1) is 29.0. The summed E-state index contributed by atoms with van der Waals surface area (Å²) in [6, 6.07) is 22.9. The number of benzene rings is 3. The van der Waals surface area contributed by atoms with Gasteiger partial charge < -0.3 is 25.0 Å². The van der Waals surface area contributed by atoms with Gasteiger partial charge in [0.2, 0.25) is 5.95 Å². The van der Waals surface area contributed by atoms with Crippen molar-refractivity contribution in [2.24, 2.45) is 7.05 Å². The average Bonchev–Trinajstić information content (AvgIpc) is 3.76. The second-order valence-corrected chi connectivity index (χ2v) is 12.6. The maximum Gasteiger partial charge on any atom is 0.259 e. The molecule has 2 aliphatic heterocycles. The van der Waals surface area contributed by atoms with E-state index in [2.05, 4.69) is 73.6 Å². The Labute approximate surface area is 273 Å². The molecule has 0 radical (unpaired) electrons. The molecule has 236 valence electrons. The molecule has 0 bridgehead atoms. The van der Waals surface area contributed by atoms with Crippen LogP contribution < -0.4 is 15.1 Å². The van der Waals surface area contributed by atoms with Gasteiger partial charge in [-0.05, 0) is 67.4 Å². The molecule has 10 nitrogen and oxygen atoms in total. The highest BCUT2D eigenvalue weighted by Crippen LogP contribution is 2.40. The number of carbonyl (C=O) groups is 1. The number of piperazine rings is 1. The summed E-state index contributed by atoms with van der Waals surface area (Å²) in [6.07, 6.45) is 3.79. The number of fused-ring (bicyclic) bond motifs is 2. The number of amides is 1. The molecule has 2 aliphatic rings. The number of hydrogen-bond acceptors (Lipinski definition) is 7. The highest BCUT2D eigenvalue weighted by Gasteiger charge is 2.32. The minimum Gasteiger partial charge on any atom is -0.369 e. The van der Waals surface area contributed by atoms with Crippen LogP contribution in [0.3, 0.4) is 0 Å². The zero-order valence-electron chi connectivity index (χ0n) is 27.1. The molecule has 0 saturated carbocycles. The van der Waals surface area contributed by atoms with E-state index in [0.29, 0.717) is 18.3 Å². The van der Waals surface area contributed by atoms with Crippen LogP contribution in [0.5, 0.6) is 0 Å². The standard InChI is InChI=1S/C37H37N9O/c1-23-20-39-37(40-33-19-24(2)44(4)42-33)41-34(23)30-21-38-35-28(30)8-6-10-32(35)46-22-31-27(7-5-9-29(31)36(46)47)25-11-13-26(14-12-25)45-17-15-43(3)16-18-45/h5-14,19-21,38H,15-18,22H2,1-4H3,(H,39,40,41,42). The molecule has 10 heteroatoms. The Hall–Kier alpha value is -5.48. The molecule has 1 amide bonds. The van der Waals surface area contributed by atoms with Gasteiger partial charge in [0.05, 0.1) is 23.4 Å². The molecule has 6 aromatic rings. The number of hydrogen-bond donors (Lipinski definition) is 2. The summed E-state index contributed by atoms with van der Waals surface area (Å²) in [4.78, 5) is 33.5. The van der Waals surface area contributed by atoms with Crippen LogP contribution >= 0.6 is 0 Å². The summed E-state index contributed by atoms with van der Waals surface area (Å²) in [6.45, 7) is 8.72. The number of anilines is 4. The van der Waals surface area contributed by atoms with E-state index in [1.54, 1.807) is 0 Å². The molecule has 0 atom stereocenters. The third kappa shape index (κ3) is 5.11. The smallest absolute Gasteiger partial charge is 0.259 e. The number of likely N-dealkylation sites (N-methyl/N-ethyl adjacent to an activating group) is 1. The van der Waals surface area contributed by atoms with Crippen LogP contribution in [-0.2, 0) is 13.6 Å². The van der Waals surface area contributed by atoms with Gasteiger partial charge in [0.15, 0.2) is 5.82 Å². The molecular weight excluding hydrogens is 586 g/mol. The minimum atomic E-state index is 0.00918. The molecule has 8 rings (SSSR count). The van der Waals surface area contributed by atoms with Crippen molar-refractivity contribution >= 4 is 40.0 Å². The highest BCUT2D eigenvalue weighted by molar-refractivity contribution is 6.15. The van der Waals surface area contributed by atoms with Gasteiger partial charge in [-0.25, -0.2) is 9.97 Å². The molecular formula is C37H37N9O. The van der Waals surface area contributed by atoms with Crippen LogP contribution in [0.25, 0.3) is 33.3 Å². The average molecular weight is 624 g/mol. The first-order chi connectivity index (χ1) is 22.8. The summed E-state index contributed by atoms with van der Waals surface area (Å²) in [5.74, 6) is 1.18. The van der Waals surface area contributed by atoms with Crippen molar-refractivity contribution in [3.63, 3.8) is 0 Å². The lowest BCUT2D eigenvalue weighted by molar-refractivity contribution is 0.0997. The Morgan fingerprint density at radius 2 is 1.64 bits per heavy atom. The number of aryl methyl sites for hydroxylation is 3. The molecule has 0 unspecified atom stereocenters. The van der Waals surface area contributed by atoms with Gasteiger partial charge in [0, 0.05) is 79.6 Å². The molecule has 0 spiro atoms. The van der Waals surface area contributed by atoms with Gasteiger partial charge in [-0.15, -0.1) is 0 Å². The second-order valence-electron chi connectivity index (χ2n) is 12.6. The molecule has 1 saturated heterocycles. The van der Waals surface area contributed by atoms with Crippen LogP contribution in [0.15, 0.2) is 79.1 Å². The second kappa shape index (κ2) is 11.4. The zero-order valence-corrected chi connectivity index (χ0v) is 27.1. The van der Waals surface area contributed by atoms with E-state index in [0.717, 1.165) is 87.5 Å². The summed E-state index contributed by atoms with van der Waals surface area (Å²) < 4.78 is 1.81. The number of nitrogens with zero attached hydrogens (tertiary/aromatic N) is 7. The maximum atomic E-state index is 14.0. The largest absolute Gasteiger partial charge is 0.369 e. The fraction of sp³-hybridized carbons (Fsp3) is 0.243. The van der Waals surface area contributed by atoms with E-state index in [1.165, 1.54) is 5.69 Å². The number of aromatic amines is 1.